The molecule has 0 aliphatic carbocycles. The monoisotopic (exact) mass is 352 g/mol. The van der Waals surface area contributed by atoms with Gasteiger partial charge in [-0.3, -0.25) is 5.43 Å². The van der Waals surface area contributed by atoms with Crippen molar-refractivity contribution in [3.8, 4) is 0 Å². The summed E-state index contributed by atoms with van der Waals surface area (Å²) in [7, 11) is 0.932. The molecule has 1 N–H and O–H groups in total. The minimum atomic E-state index is -3.18. The smallest absolute Gasteiger partial charge is 0.218 e. The number of nitrogens with one attached hydrogen (secondary N) is 1. The van der Waals surface area contributed by atoms with Crippen LogP contribution < -0.4 is 5.43 Å². The van der Waals surface area contributed by atoms with Gasteiger partial charge in [0.05, 0.1) is 11.4 Å². The lowest BCUT2D eigenvalue weighted by Gasteiger charge is -2.15. The third-order valence-corrected chi connectivity index (χ3v) is 5.83. The molecule has 1 saturated heterocycles. The summed E-state index contributed by atoms with van der Waals surface area (Å²) in [6.45, 7) is 2.36. The van der Waals surface area contributed by atoms with Crippen molar-refractivity contribution in [2.24, 2.45) is 5.10 Å². The maximum Gasteiger partial charge on any atom is 0.218 e. The molecule has 1 fully saturated rings. The van der Waals surface area contributed by atoms with E-state index in [0.29, 0.717) is 13.1 Å². The van der Waals surface area contributed by atoms with E-state index in [-0.39, 0.29) is 5.75 Å². The molecule has 1 heterocycles. The summed E-state index contributed by atoms with van der Waals surface area (Å²) < 4.78 is 26.2. The zero-order valence-electron chi connectivity index (χ0n) is 14.6. The first-order chi connectivity index (χ1) is 11.5. The fourth-order valence-electron chi connectivity index (χ4n) is 2.63. The highest BCUT2D eigenvalue weighted by Crippen LogP contribution is 2.18. The molecule has 7 heteroatoms. The molecule has 0 atom stereocenters. The number of hydrogen-bond acceptors (Lipinski definition) is 5. The Labute approximate surface area is 145 Å². The molecule has 1 aliphatic rings. The number of benzene rings is 1. The van der Waals surface area contributed by atoms with Crippen LogP contribution in [-0.2, 0) is 15.8 Å². The standard InChI is InChI=1S/C17H28N4O2S/c1-20(2)12-4-3-11-18-19-17-9-7-16(8-10-17)15-24(22,23)21-13-5-6-14-21/h7-11,19H,3-6,12-15H2,1-2H3/b18-11-. The van der Waals surface area contributed by atoms with Gasteiger partial charge in [-0.05, 0) is 64.0 Å². The van der Waals surface area contributed by atoms with Crippen LogP contribution in [-0.4, -0.2) is 57.6 Å². The van der Waals surface area contributed by atoms with Crippen LogP contribution in [0, 0.1) is 0 Å². The van der Waals surface area contributed by atoms with E-state index in [1.165, 1.54) is 0 Å². The second-order valence-corrected chi connectivity index (χ2v) is 8.40. The van der Waals surface area contributed by atoms with Crippen molar-refractivity contribution < 1.29 is 8.42 Å². The van der Waals surface area contributed by atoms with E-state index in [4.69, 9.17) is 0 Å². The van der Waals surface area contributed by atoms with E-state index in [2.05, 4.69) is 29.5 Å². The molecule has 0 bridgehead atoms. The minimum Gasteiger partial charge on any atom is -0.309 e. The highest BCUT2D eigenvalue weighted by Gasteiger charge is 2.25. The number of nitrogens with zero attached hydrogens (tertiary/aromatic N) is 3. The molecular formula is C17H28N4O2S. The molecule has 6 nitrogen and oxygen atoms in total. The van der Waals surface area contributed by atoms with Crippen LogP contribution in [0.1, 0.15) is 31.2 Å². The van der Waals surface area contributed by atoms with Gasteiger partial charge in [0.25, 0.3) is 0 Å². The maximum absolute atomic E-state index is 12.3. The maximum atomic E-state index is 12.3. The van der Waals surface area contributed by atoms with Crippen LogP contribution in [0.4, 0.5) is 5.69 Å². The molecule has 1 aromatic carbocycles. The molecule has 0 amide bonds. The lowest BCUT2D eigenvalue weighted by atomic mass is 10.2. The van der Waals surface area contributed by atoms with Gasteiger partial charge in [-0.25, -0.2) is 12.7 Å². The fourth-order valence-corrected chi connectivity index (χ4v) is 4.24. The van der Waals surface area contributed by atoms with Gasteiger partial charge in [0.15, 0.2) is 0 Å². The van der Waals surface area contributed by atoms with Gasteiger partial charge in [0.1, 0.15) is 0 Å². The molecule has 0 saturated carbocycles. The largest absolute Gasteiger partial charge is 0.309 e. The highest BCUT2D eigenvalue weighted by molar-refractivity contribution is 7.88. The normalized spacial score (nSPS) is 16.3. The molecule has 134 valence electrons. The first-order valence-electron chi connectivity index (χ1n) is 8.46. The van der Waals surface area contributed by atoms with Crippen LogP contribution in [0.25, 0.3) is 0 Å². The van der Waals surface area contributed by atoms with Crippen LogP contribution in [0.15, 0.2) is 29.4 Å². The third kappa shape index (κ3) is 6.22. The third-order valence-electron chi connectivity index (χ3n) is 3.98. The van der Waals surface area contributed by atoms with Crippen molar-refractivity contribution in [3.63, 3.8) is 0 Å². The Morgan fingerprint density at radius 3 is 2.50 bits per heavy atom. The number of sulfonamides is 1. The Hall–Kier alpha value is -1.44. The Kier molecular flexibility index (Phi) is 7.20. The zero-order valence-corrected chi connectivity index (χ0v) is 15.4. The molecular weight excluding hydrogens is 324 g/mol. The summed E-state index contributed by atoms with van der Waals surface area (Å²) in [4.78, 5) is 2.15. The van der Waals surface area contributed by atoms with E-state index in [1.54, 1.807) is 4.31 Å². The van der Waals surface area contributed by atoms with Crippen molar-refractivity contribution in [2.45, 2.75) is 31.4 Å². The van der Waals surface area contributed by atoms with Crippen LogP contribution in [0.2, 0.25) is 0 Å². The lowest BCUT2D eigenvalue weighted by Crippen LogP contribution is -2.29. The molecule has 0 aromatic heterocycles. The van der Waals surface area contributed by atoms with Crippen LogP contribution >= 0.6 is 0 Å². The summed E-state index contributed by atoms with van der Waals surface area (Å²) in [6.07, 6.45) is 5.81. The van der Waals surface area contributed by atoms with Gasteiger partial charge in [0, 0.05) is 19.3 Å². The highest BCUT2D eigenvalue weighted by atomic mass is 32.2. The zero-order chi connectivity index (χ0) is 17.4. The predicted octanol–water partition coefficient (Wildman–Crippen LogP) is 2.35. The second-order valence-electron chi connectivity index (χ2n) is 6.43. The van der Waals surface area contributed by atoms with E-state index in [9.17, 15) is 8.42 Å². The quantitative estimate of drug-likeness (QED) is 0.421. The number of anilines is 1. The van der Waals surface area contributed by atoms with Crippen molar-refractivity contribution in [2.75, 3.05) is 39.2 Å². The summed E-state index contributed by atoms with van der Waals surface area (Å²) in [5, 5.41) is 4.19. The molecule has 1 aromatic rings. The fraction of sp³-hybridized carbons (Fsp3) is 0.588. The van der Waals surface area contributed by atoms with E-state index in [1.807, 2.05) is 30.5 Å². The topological polar surface area (TPSA) is 65.0 Å². The molecule has 24 heavy (non-hydrogen) atoms. The van der Waals surface area contributed by atoms with Gasteiger partial charge in [-0.2, -0.15) is 5.10 Å². The van der Waals surface area contributed by atoms with Gasteiger partial charge in [0.2, 0.25) is 10.0 Å². The summed E-state index contributed by atoms with van der Waals surface area (Å²) in [5.74, 6) is 0.0705. The van der Waals surface area contributed by atoms with Crippen molar-refractivity contribution in [1.29, 1.82) is 0 Å². The molecule has 1 aliphatic heterocycles. The number of rotatable bonds is 9. The molecule has 0 unspecified atom stereocenters. The van der Waals surface area contributed by atoms with Crippen molar-refractivity contribution in [1.82, 2.24) is 9.21 Å². The van der Waals surface area contributed by atoms with E-state index in [0.717, 1.165) is 43.5 Å². The minimum absolute atomic E-state index is 0.0705. The van der Waals surface area contributed by atoms with E-state index >= 15 is 0 Å². The number of hydrazone groups is 1. The second kappa shape index (κ2) is 9.15. The number of hydrogen-bond donors (Lipinski definition) is 1. The van der Waals surface area contributed by atoms with Crippen LogP contribution in [0.3, 0.4) is 0 Å². The number of unbranched alkanes of at least 4 members (excludes halogenated alkanes) is 1. The lowest BCUT2D eigenvalue weighted by molar-refractivity contribution is 0.404. The molecule has 0 spiro atoms. The summed E-state index contributed by atoms with van der Waals surface area (Å²) >= 11 is 0. The first-order valence-corrected chi connectivity index (χ1v) is 10.1. The van der Waals surface area contributed by atoms with Crippen molar-refractivity contribution >= 4 is 21.9 Å². The Morgan fingerprint density at radius 2 is 1.88 bits per heavy atom. The average molecular weight is 353 g/mol. The summed E-state index contributed by atoms with van der Waals surface area (Å²) in [6, 6.07) is 7.42. The Morgan fingerprint density at radius 1 is 1.21 bits per heavy atom. The Balaban J connectivity index is 1.79. The molecule has 0 radical (unpaired) electrons. The van der Waals surface area contributed by atoms with Crippen molar-refractivity contribution in [3.05, 3.63) is 29.8 Å². The van der Waals surface area contributed by atoms with E-state index < -0.39 is 10.0 Å². The molecule has 2 rings (SSSR count). The SMILES string of the molecule is CN(C)CCC/C=N\Nc1ccc(CS(=O)(=O)N2CCCC2)cc1. The van der Waals surface area contributed by atoms with Gasteiger partial charge < -0.3 is 4.90 Å². The van der Waals surface area contributed by atoms with Gasteiger partial charge >= 0.3 is 0 Å². The predicted molar refractivity (Wildman–Crippen MR) is 99.8 cm³/mol. The first kappa shape index (κ1) is 18.9. The summed E-state index contributed by atoms with van der Waals surface area (Å²) in [5.41, 5.74) is 4.64. The van der Waals surface area contributed by atoms with Gasteiger partial charge in [-0.1, -0.05) is 12.1 Å². The van der Waals surface area contributed by atoms with Crippen LogP contribution in [0.5, 0.6) is 0 Å². The average Bonchev–Trinajstić information content (AvgIpc) is 3.07. The van der Waals surface area contributed by atoms with Gasteiger partial charge in [-0.15, -0.1) is 0 Å². The Bertz CT molecular complexity index is 620.